The maximum Gasteiger partial charge on any atom is 0.274 e. The second-order valence-electron chi connectivity index (χ2n) is 8.58. The van der Waals surface area contributed by atoms with Crippen molar-refractivity contribution in [3.63, 3.8) is 0 Å². The summed E-state index contributed by atoms with van der Waals surface area (Å²) in [6.45, 7) is 10.2. The molecule has 1 unspecified atom stereocenters. The molecule has 0 aromatic carbocycles. The van der Waals surface area contributed by atoms with Crippen LogP contribution in [0.1, 0.15) is 67.7 Å². The lowest BCUT2D eigenvalue weighted by Gasteiger charge is -2.33. The van der Waals surface area contributed by atoms with Gasteiger partial charge in [-0.3, -0.25) is 9.48 Å². The molecule has 1 aromatic rings. The second-order valence-corrected chi connectivity index (χ2v) is 8.58. The summed E-state index contributed by atoms with van der Waals surface area (Å²) in [5.74, 6) is 0.0815. The largest absolute Gasteiger partial charge is 0.394 e. The predicted molar refractivity (Wildman–Crippen MR) is 107 cm³/mol. The molecule has 3 rings (SSSR count). The molecule has 2 aliphatic rings. The Morgan fingerprint density at radius 2 is 2.04 bits per heavy atom. The van der Waals surface area contributed by atoms with Crippen molar-refractivity contribution < 1.29 is 9.90 Å². The molecule has 1 aliphatic carbocycles. The summed E-state index contributed by atoms with van der Waals surface area (Å²) < 4.78 is 1.96. The van der Waals surface area contributed by atoms with Crippen molar-refractivity contribution in [1.29, 1.82) is 0 Å². The summed E-state index contributed by atoms with van der Waals surface area (Å²) in [5, 5.41) is 17.8. The minimum Gasteiger partial charge on any atom is -0.394 e. The number of aliphatic hydroxyl groups is 1. The fourth-order valence-corrected chi connectivity index (χ4v) is 4.28. The Hall–Kier alpha value is -1.66. The van der Waals surface area contributed by atoms with Crippen LogP contribution in [0, 0.1) is 0 Å². The number of aliphatic hydroxyl groups excluding tert-OH is 1. The van der Waals surface area contributed by atoms with Crippen LogP contribution in [0.2, 0.25) is 0 Å². The van der Waals surface area contributed by atoms with E-state index >= 15 is 0 Å². The molecule has 150 valence electrons. The van der Waals surface area contributed by atoms with Gasteiger partial charge in [-0.1, -0.05) is 18.9 Å². The Morgan fingerprint density at radius 3 is 2.67 bits per heavy atom. The van der Waals surface area contributed by atoms with E-state index in [1.54, 1.807) is 0 Å². The highest BCUT2D eigenvalue weighted by atomic mass is 16.3. The van der Waals surface area contributed by atoms with E-state index in [4.69, 9.17) is 5.10 Å². The van der Waals surface area contributed by atoms with Crippen molar-refractivity contribution >= 4 is 5.91 Å². The van der Waals surface area contributed by atoms with Gasteiger partial charge < -0.3 is 15.3 Å². The number of nitrogens with zero attached hydrogens (tertiary/aromatic N) is 3. The molecule has 0 spiro atoms. The van der Waals surface area contributed by atoms with E-state index in [1.807, 2.05) is 29.5 Å². The summed E-state index contributed by atoms with van der Waals surface area (Å²) in [4.78, 5) is 15.2. The van der Waals surface area contributed by atoms with E-state index in [0.29, 0.717) is 12.2 Å². The molecular weight excluding hydrogens is 340 g/mol. The number of hydrogen-bond acceptors (Lipinski definition) is 4. The predicted octanol–water partition coefficient (Wildman–Crippen LogP) is 2.30. The van der Waals surface area contributed by atoms with Crippen LogP contribution in [0.25, 0.3) is 0 Å². The van der Waals surface area contributed by atoms with Gasteiger partial charge in [-0.25, -0.2) is 0 Å². The Balaban J connectivity index is 1.86. The Labute approximate surface area is 162 Å². The van der Waals surface area contributed by atoms with E-state index in [0.717, 1.165) is 50.8 Å². The smallest absolute Gasteiger partial charge is 0.274 e. The molecular formula is C21H34N4O2. The number of allylic oxidation sites excluding steroid dienone is 1. The highest BCUT2D eigenvalue weighted by Gasteiger charge is 2.32. The molecule has 0 bridgehead atoms. The number of likely N-dealkylation sites (tertiary alicyclic amines) is 1. The first-order chi connectivity index (χ1) is 12.9. The number of aromatic nitrogens is 2. The highest BCUT2D eigenvalue weighted by molar-refractivity contribution is 5.94. The average Bonchev–Trinajstić information content (AvgIpc) is 2.83. The molecule has 1 aromatic heterocycles. The van der Waals surface area contributed by atoms with Crippen molar-refractivity contribution in [3.8, 4) is 0 Å². The zero-order valence-corrected chi connectivity index (χ0v) is 16.8. The molecule has 6 nitrogen and oxygen atoms in total. The van der Waals surface area contributed by atoms with Crippen LogP contribution >= 0.6 is 0 Å². The third-order valence-corrected chi connectivity index (χ3v) is 5.73. The molecule has 1 atom stereocenters. The van der Waals surface area contributed by atoms with Gasteiger partial charge in [0, 0.05) is 35.9 Å². The molecule has 6 heteroatoms. The minimum absolute atomic E-state index is 0.0815. The number of carbonyl (C=O) groups is 1. The molecule has 1 saturated heterocycles. The molecule has 1 aliphatic heterocycles. The van der Waals surface area contributed by atoms with Crippen molar-refractivity contribution in [2.75, 3.05) is 19.7 Å². The highest BCUT2D eigenvalue weighted by Crippen LogP contribution is 2.27. The molecule has 27 heavy (non-hydrogen) atoms. The quantitative estimate of drug-likeness (QED) is 0.750. The van der Waals surface area contributed by atoms with Crippen molar-refractivity contribution in [1.82, 2.24) is 20.0 Å². The number of hydrogen-bond donors (Lipinski definition) is 2. The maximum atomic E-state index is 13.3. The van der Waals surface area contributed by atoms with Gasteiger partial charge in [-0.15, -0.1) is 6.58 Å². The van der Waals surface area contributed by atoms with Gasteiger partial charge in [0.05, 0.1) is 13.2 Å². The monoisotopic (exact) mass is 374 g/mol. The fourth-order valence-electron chi connectivity index (χ4n) is 4.28. The summed E-state index contributed by atoms with van der Waals surface area (Å²) in [6, 6.07) is 0.247. The first-order valence-electron chi connectivity index (χ1n) is 10.3. The second kappa shape index (κ2) is 8.57. The number of rotatable bonds is 6. The van der Waals surface area contributed by atoms with Gasteiger partial charge in [-0.05, 0) is 46.0 Å². The Kier molecular flexibility index (Phi) is 6.37. The normalized spacial score (nSPS) is 20.9. The van der Waals surface area contributed by atoms with Crippen LogP contribution in [0.3, 0.4) is 0 Å². The lowest BCUT2D eigenvalue weighted by atomic mass is 9.89. The van der Waals surface area contributed by atoms with E-state index in [1.165, 1.54) is 18.5 Å². The van der Waals surface area contributed by atoms with E-state index in [2.05, 4.69) is 11.9 Å². The third-order valence-electron chi connectivity index (χ3n) is 5.73. The van der Waals surface area contributed by atoms with Crippen LogP contribution in [-0.4, -0.2) is 57.0 Å². The molecule has 0 saturated carbocycles. The molecule has 0 radical (unpaired) electrons. The summed E-state index contributed by atoms with van der Waals surface area (Å²) in [6.07, 6.45) is 9.06. The van der Waals surface area contributed by atoms with Crippen molar-refractivity contribution in [2.24, 2.45) is 0 Å². The average molecular weight is 375 g/mol. The lowest BCUT2D eigenvalue weighted by Crippen LogP contribution is -2.50. The lowest BCUT2D eigenvalue weighted by molar-refractivity contribution is 0.0753. The molecule has 2 N–H and O–H groups in total. The first kappa shape index (κ1) is 20.1. The van der Waals surface area contributed by atoms with Gasteiger partial charge in [0.2, 0.25) is 0 Å². The van der Waals surface area contributed by atoms with E-state index in [-0.39, 0.29) is 24.1 Å². The zero-order valence-electron chi connectivity index (χ0n) is 16.8. The standard InChI is InChI=1S/C21H34N4O2/c1-4-11-25-18-10-9-16(22-21(2,3)15-26)14-17(18)19(23-25)20(27)24-12-7-5-6-8-13-24/h4,16,22,26H,1,5-15H2,2-3H3. The minimum atomic E-state index is -0.325. The maximum absolute atomic E-state index is 13.3. The first-order valence-corrected chi connectivity index (χ1v) is 10.3. The topological polar surface area (TPSA) is 70.4 Å². The fraction of sp³-hybridized carbons (Fsp3) is 0.714. The Morgan fingerprint density at radius 1 is 1.33 bits per heavy atom. The zero-order chi connectivity index (χ0) is 19.4. The van der Waals surface area contributed by atoms with Crippen LogP contribution in [0.5, 0.6) is 0 Å². The number of carbonyl (C=O) groups excluding carboxylic acids is 1. The van der Waals surface area contributed by atoms with Gasteiger partial charge in [0.15, 0.2) is 5.69 Å². The van der Waals surface area contributed by atoms with Gasteiger partial charge in [0.25, 0.3) is 5.91 Å². The van der Waals surface area contributed by atoms with Gasteiger partial charge in [0.1, 0.15) is 0 Å². The van der Waals surface area contributed by atoms with Gasteiger partial charge in [-0.2, -0.15) is 5.10 Å². The van der Waals surface area contributed by atoms with Crippen molar-refractivity contribution in [3.05, 3.63) is 29.6 Å². The number of amides is 1. The molecule has 1 fully saturated rings. The van der Waals surface area contributed by atoms with Crippen LogP contribution in [0.15, 0.2) is 12.7 Å². The van der Waals surface area contributed by atoms with E-state index < -0.39 is 0 Å². The van der Waals surface area contributed by atoms with Crippen LogP contribution < -0.4 is 5.32 Å². The summed E-state index contributed by atoms with van der Waals surface area (Å²) in [5.41, 5.74) is 2.56. The molecule has 2 heterocycles. The van der Waals surface area contributed by atoms with Gasteiger partial charge >= 0.3 is 0 Å². The third kappa shape index (κ3) is 4.61. The molecule has 1 amide bonds. The number of fused-ring (bicyclic) bond motifs is 1. The Bertz CT molecular complexity index is 672. The van der Waals surface area contributed by atoms with Crippen LogP contribution in [-0.2, 0) is 19.4 Å². The summed E-state index contributed by atoms with van der Waals surface area (Å²) in [7, 11) is 0. The summed E-state index contributed by atoms with van der Waals surface area (Å²) >= 11 is 0. The van der Waals surface area contributed by atoms with Crippen molar-refractivity contribution in [2.45, 2.75) is 76.9 Å². The number of nitrogens with one attached hydrogen (secondary N) is 1. The van der Waals surface area contributed by atoms with Crippen LogP contribution in [0.4, 0.5) is 0 Å². The SMILES string of the molecule is C=CCn1nc(C(=O)N2CCCCCC2)c2c1CCC(NC(C)(C)CO)C2. The van der Waals surface area contributed by atoms with E-state index in [9.17, 15) is 9.90 Å².